The normalized spacial score (nSPS) is 10.8. The number of nitrogens with zero attached hydrogens (tertiary/aromatic N) is 2. The Labute approximate surface area is 134 Å². The summed E-state index contributed by atoms with van der Waals surface area (Å²) in [5, 5.41) is 2.91. The molecule has 23 heavy (non-hydrogen) atoms. The maximum absolute atomic E-state index is 12.5. The number of hydrogen-bond donors (Lipinski definition) is 1. The molecule has 1 aromatic heterocycles. The number of ether oxygens (including phenoxy) is 1. The second-order valence-corrected chi connectivity index (χ2v) is 5.58. The third kappa shape index (κ3) is 2.77. The molecule has 118 valence electrons. The van der Waals surface area contributed by atoms with Crippen LogP contribution < -0.4 is 10.1 Å². The SMILES string of the molecule is COc1ccc(C)cc1NC(=O)c1ccc2c(c1)nc(C)n2C. The lowest BCUT2D eigenvalue weighted by Crippen LogP contribution is -2.12. The molecule has 5 nitrogen and oxygen atoms in total. The number of carbonyl (C=O) groups excluding carboxylic acids is 1. The van der Waals surface area contributed by atoms with Gasteiger partial charge in [-0.2, -0.15) is 0 Å². The highest BCUT2D eigenvalue weighted by Gasteiger charge is 2.12. The maximum Gasteiger partial charge on any atom is 0.255 e. The van der Waals surface area contributed by atoms with E-state index in [4.69, 9.17) is 4.74 Å². The summed E-state index contributed by atoms with van der Waals surface area (Å²) in [5.41, 5.74) is 4.10. The minimum atomic E-state index is -0.181. The molecular formula is C18H19N3O2. The number of imidazole rings is 1. The molecule has 0 saturated carbocycles. The van der Waals surface area contributed by atoms with Gasteiger partial charge in [0.05, 0.1) is 23.8 Å². The van der Waals surface area contributed by atoms with Crippen molar-refractivity contribution in [3.63, 3.8) is 0 Å². The van der Waals surface area contributed by atoms with Crippen LogP contribution >= 0.6 is 0 Å². The van der Waals surface area contributed by atoms with Crippen molar-refractivity contribution in [3.05, 3.63) is 53.3 Å². The van der Waals surface area contributed by atoms with Crippen LogP contribution in [0.5, 0.6) is 5.75 Å². The van der Waals surface area contributed by atoms with Crippen molar-refractivity contribution in [2.24, 2.45) is 7.05 Å². The van der Waals surface area contributed by atoms with Crippen LogP contribution in [0.3, 0.4) is 0 Å². The van der Waals surface area contributed by atoms with Crippen molar-refractivity contribution >= 4 is 22.6 Å². The smallest absolute Gasteiger partial charge is 0.255 e. The Morgan fingerprint density at radius 3 is 2.70 bits per heavy atom. The first-order chi connectivity index (χ1) is 11.0. The molecule has 0 atom stereocenters. The van der Waals surface area contributed by atoms with E-state index in [2.05, 4.69) is 10.3 Å². The Morgan fingerprint density at radius 2 is 1.96 bits per heavy atom. The highest BCUT2D eigenvalue weighted by molar-refractivity contribution is 6.06. The molecular weight excluding hydrogens is 290 g/mol. The first kappa shape index (κ1) is 15.1. The average molecular weight is 309 g/mol. The van der Waals surface area contributed by atoms with Gasteiger partial charge < -0.3 is 14.6 Å². The zero-order chi connectivity index (χ0) is 16.6. The monoisotopic (exact) mass is 309 g/mol. The first-order valence-corrected chi connectivity index (χ1v) is 7.38. The molecule has 0 fully saturated rings. The van der Waals surface area contributed by atoms with E-state index >= 15 is 0 Å². The summed E-state index contributed by atoms with van der Waals surface area (Å²) in [7, 11) is 3.55. The summed E-state index contributed by atoms with van der Waals surface area (Å²) < 4.78 is 7.30. The minimum absolute atomic E-state index is 0.181. The Balaban J connectivity index is 1.93. The van der Waals surface area contributed by atoms with Crippen LogP contribution in [0.25, 0.3) is 11.0 Å². The lowest BCUT2D eigenvalue weighted by Gasteiger charge is -2.11. The third-order valence-corrected chi connectivity index (χ3v) is 3.97. The number of benzene rings is 2. The number of hydrogen-bond acceptors (Lipinski definition) is 3. The third-order valence-electron chi connectivity index (χ3n) is 3.97. The fourth-order valence-electron chi connectivity index (χ4n) is 2.58. The molecule has 2 aromatic carbocycles. The van der Waals surface area contributed by atoms with Gasteiger partial charge in [-0.1, -0.05) is 6.07 Å². The summed E-state index contributed by atoms with van der Waals surface area (Å²) in [4.78, 5) is 17.0. The topological polar surface area (TPSA) is 56.1 Å². The molecule has 1 N–H and O–H groups in total. The van der Waals surface area contributed by atoms with E-state index in [1.54, 1.807) is 19.2 Å². The number of fused-ring (bicyclic) bond motifs is 1. The number of aryl methyl sites for hydroxylation is 3. The first-order valence-electron chi connectivity index (χ1n) is 7.38. The van der Waals surface area contributed by atoms with Crippen LogP contribution in [-0.2, 0) is 7.05 Å². The fraction of sp³-hybridized carbons (Fsp3) is 0.222. The molecule has 0 radical (unpaired) electrons. The molecule has 5 heteroatoms. The van der Waals surface area contributed by atoms with Gasteiger partial charge in [-0.25, -0.2) is 4.98 Å². The van der Waals surface area contributed by atoms with Gasteiger partial charge in [0, 0.05) is 12.6 Å². The molecule has 0 bridgehead atoms. The fourth-order valence-corrected chi connectivity index (χ4v) is 2.58. The molecule has 3 aromatic rings. The second kappa shape index (κ2) is 5.76. The number of amides is 1. The largest absolute Gasteiger partial charge is 0.495 e. The molecule has 0 saturated heterocycles. The number of methoxy groups -OCH3 is 1. The quantitative estimate of drug-likeness (QED) is 0.806. The number of rotatable bonds is 3. The lowest BCUT2D eigenvalue weighted by atomic mass is 10.1. The summed E-state index contributed by atoms with van der Waals surface area (Å²) in [5.74, 6) is 1.37. The van der Waals surface area contributed by atoms with Crippen molar-refractivity contribution < 1.29 is 9.53 Å². The van der Waals surface area contributed by atoms with E-state index in [1.807, 2.05) is 49.7 Å². The second-order valence-electron chi connectivity index (χ2n) is 5.58. The molecule has 0 aliphatic carbocycles. The summed E-state index contributed by atoms with van der Waals surface area (Å²) >= 11 is 0. The van der Waals surface area contributed by atoms with E-state index in [1.165, 1.54) is 0 Å². The van der Waals surface area contributed by atoms with E-state index in [9.17, 15) is 4.79 Å². The van der Waals surface area contributed by atoms with Gasteiger partial charge in [-0.3, -0.25) is 4.79 Å². The molecule has 3 rings (SSSR count). The number of carbonyl (C=O) groups is 1. The molecule has 1 amide bonds. The predicted molar refractivity (Wildman–Crippen MR) is 91.1 cm³/mol. The van der Waals surface area contributed by atoms with Crippen LogP contribution in [0.1, 0.15) is 21.7 Å². The maximum atomic E-state index is 12.5. The van der Waals surface area contributed by atoms with Gasteiger partial charge in [0.25, 0.3) is 5.91 Å². The van der Waals surface area contributed by atoms with Crippen LogP contribution in [0.15, 0.2) is 36.4 Å². The zero-order valence-electron chi connectivity index (χ0n) is 13.7. The number of nitrogens with one attached hydrogen (secondary N) is 1. The standard InChI is InChI=1S/C18H19N3O2/c1-11-5-8-17(23-4)15(9-11)20-18(22)13-6-7-16-14(10-13)19-12(2)21(16)3/h5-10H,1-4H3,(H,20,22). The Hall–Kier alpha value is -2.82. The van der Waals surface area contributed by atoms with E-state index in [-0.39, 0.29) is 5.91 Å². The van der Waals surface area contributed by atoms with Crippen LogP contribution in [0.2, 0.25) is 0 Å². The average Bonchev–Trinajstić information content (AvgIpc) is 2.82. The van der Waals surface area contributed by atoms with E-state index < -0.39 is 0 Å². The highest BCUT2D eigenvalue weighted by Crippen LogP contribution is 2.26. The van der Waals surface area contributed by atoms with E-state index in [0.29, 0.717) is 17.0 Å². The van der Waals surface area contributed by atoms with Crippen LogP contribution in [-0.4, -0.2) is 22.6 Å². The van der Waals surface area contributed by atoms with Crippen molar-refractivity contribution in [1.29, 1.82) is 0 Å². The summed E-state index contributed by atoms with van der Waals surface area (Å²) in [6.07, 6.45) is 0. The molecule has 0 aliphatic rings. The zero-order valence-corrected chi connectivity index (χ0v) is 13.7. The Bertz CT molecular complexity index is 897. The molecule has 0 unspecified atom stereocenters. The Morgan fingerprint density at radius 1 is 1.17 bits per heavy atom. The lowest BCUT2D eigenvalue weighted by molar-refractivity contribution is 0.102. The highest BCUT2D eigenvalue weighted by atomic mass is 16.5. The van der Waals surface area contributed by atoms with Crippen molar-refractivity contribution in [2.75, 3.05) is 12.4 Å². The summed E-state index contributed by atoms with van der Waals surface area (Å²) in [6, 6.07) is 11.2. The van der Waals surface area contributed by atoms with Crippen molar-refractivity contribution in [3.8, 4) is 5.75 Å². The van der Waals surface area contributed by atoms with Crippen LogP contribution in [0, 0.1) is 13.8 Å². The minimum Gasteiger partial charge on any atom is -0.495 e. The van der Waals surface area contributed by atoms with Gasteiger partial charge in [0.15, 0.2) is 0 Å². The number of anilines is 1. The Kier molecular flexibility index (Phi) is 3.78. The van der Waals surface area contributed by atoms with Gasteiger partial charge in [-0.05, 0) is 49.7 Å². The van der Waals surface area contributed by atoms with Crippen LogP contribution in [0.4, 0.5) is 5.69 Å². The van der Waals surface area contributed by atoms with Crippen molar-refractivity contribution in [1.82, 2.24) is 9.55 Å². The van der Waals surface area contributed by atoms with Gasteiger partial charge >= 0.3 is 0 Å². The molecule has 1 heterocycles. The van der Waals surface area contributed by atoms with E-state index in [0.717, 1.165) is 22.4 Å². The van der Waals surface area contributed by atoms with Gasteiger partial charge in [-0.15, -0.1) is 0 Å². The summed E-state index contributed by atoms with van der Waals surface area (Å²) in [6.45, 7) is 3.91. The van der Waals surface area contributed by atoms with Gasteiger partial charge in [0.1, 0.15) is 11.6 Å². The van der Waals surface area contributed by atoms with Gasteiger partial charge in [0.2, 0.25) is 0 Å². The molecule has 0 spiro atoms. The molecule has 0 aliphatic heterocycles. The predicted octanol–water partition coefficient (Wildman–Crippen LogP) is 3.45. The number of aromatic nitrogens is 2. The van der Waals surface area contributed by atoms with Crippen molar-refractivity contribution in [2.45, 2.75) is 13.8 Å².